The second-order valence-electron chi connectivity index (χ2n) is 12.1. The number of ether oxygens (including phenoxy) is 1. The number of carbonyl (C=O) groups is 3. The van der Waals surface area contributed by atoms with Crippen molar-refractivity contribution in [3.63, 3.8) is 0 Å². The van der Waals surface area contributed by atoms with Crippen LogP contribution in [0.1, 0.15) is 67.2 Å². The van der Waals surface area contributed by atoms with E-state index in [1.54, 1.807) is 33.7 Å². The number of thioether (sulfide) groups is 1. The third-order valence-corrected chi connectivity index (χ3v) is 9.99. The summed E-state index contributed by atoms with van der Waals surface area (Å²) in [7, 11) is 0. The number of carbonyl (C=O) groups excluding carboxylic acids is 3. The standard InChI is InChI=1S/C28H44N2O5S/c1-9-11-15-35-25(34)21-20-23(32)30(19(17-31)16-18(3)4)22(28(20)13-12-27(21,8)36-28)24(33)29(14-10-2)26(5,6)7/h9-10,18-22,31H,1-2,11-17H2,3-8H3/t19-,20+,21-,22?,27+,28?/m1/s1. The van der Waals surface area contributed by atoms with Gasteiger partial charge in [-0.25, -0.2) is 0 Å². The molecule has 0 aliphatic carbocycles. The van der Waals surface area contributed by atoms with E-state index in [4.69, 9.17) is 4.74 Å². The van der Waals surface area contributed by atoms with Gasteiger partial charge in [-0.15, -0.1) is 24.9 Å². The SMILES string of the molecule is C=CCCOC(=O)[C@H]1[C@H]2C(=O)N([C@@H](CO)CC(C)C)C(C(=O)N(CC=C)C(C)(C)C)C23CC[C@]1(C)S3. The number of hydrogen-bond acceptors (Lipinski definition) is 6. The zero-order valence-corrected chi connectivity index (χ0v) is 23.6. The highest BCUT2D eigenvalue weighted by Crippen LogP contribution is 2.72. The van der Waals surface area contributed by atoms with Gasteiger partial charge in [0.05, 0.1) is 35.8 Å². The third kappa shape index (κ3) is 4.75. The van der Waals surface area contributed by atoms with E-state index in [0.717, 1.165) is 6.42 Å². The Morgan fingerprint density at radius 2 is 1.94 bits per heavy atom. The van der Waals surface area contributed by atoms with Crippen molar-refractivity contribution in [3.05, 3.63) is 25.3 Å². The summed E-state index contributed by atoms with van der Waals surface area (Å²) in [5, 5.41) is 10.4. The van der Waals surface area contributed by atoms with Crippen LogP contribution in [0.2, 0.25) is 0 Å². The number of amides is 2. The number of hydrogen-bond donors (Lipinski definition) is 1. The molecule has 0 saturated carbocycles. The molecule has 0 aromatic carbocycles. The lowest BCUT2D eigenvalue weighted by Crippen LogP contribution is -2.60. The van der Waals surface area contributed by atoms with Crippen LogP contribution in [0.5, 0.6) is 0 Å². The molecule has 0 aromatic heterocycles. The van der Waals surface area contributed by atoms with Gasteiger partial charge in [-0.05, 0) is 59.3 Å². The lowest BCUT2D eigenvalue weighted by Gasteiger charge is -2.43. The van der Waals surface area contributed by atoms with E-state index in [1.807, 2.05) is 41.5 Å². The Kier molecular flexibility index (Phi) is 8.41. The molecule has 8 heteroatoms. The first-order valence-corrected chi connectivity index (χ1v) is 13.9. The van der Waals surface area contributed by atoms with E-state index in [9.17, 15) is 19.5 Å². The molecule has 2 amide bonds. The van der Waals surface area contributed by atoms with Gasteiger partial charge in [-0.2, -0.15) is 0 Å². The summed E-state index contributed by atoms with van der Waals surface area (Å²) in [6.07, 6.45) is 5.91. The molecule has 1 N–H and O–H groups in total. The van der Waals surface area contributed by atoms with Crippen molar-refractivity contribution >= 4 is 29.5 Å². The minimum atomic E-state index is -0.761. The van der Waals surface area contributed by atoms with Gasteiger partial charge in [-0.1, -0.05) is 26.0 Å². The number of nitrogens with zero attached hydrogens (tertiary/aromatic N) is 2. The van der Waals surface area contributed by atoms with Gasteiger partial charge in [0.2, 0.25) is 11.8 Å². The smallest absolute Gasteiger partial charge is 0.311 e. The Bertz CT molecular complexity index is 899. The molecule has 2 bridgehead atoms. The molecule has 3 aliphatic rings. The monoisotopic (exact) mass is 520 g/mol. The van der Waals surface area contributed by atoms with Crippen LogP contribution < -0.4 is 0 Å². The molecule has 36 heavy (non-hydrogen) atoms. The molecular weight excluding hydrogens is 476 g/mol. The molecule has 0 radical (unpaired) electrons. The molecule has 1 spiro atoms. The number of rotatable bonds is 11. The van der Waals surface area contributed by atoms with Crippen LogP contribution in [0.15, 0.2) is 25.3 Å². The third-order valence-electron chi connectivity index (χ3n) is 8.00. The van der Waals surface area contributed by atoms with Crippen molar-refractivity contribution in [2.75, 3.05) is 19.8 Å². The van der Waals surface area contributed by atoms with Crippen molar-refractivity contribution in [1.82, 2.24) is 9.80 Å². The maximum atomic E-state index is 14.4. The molecule has 6 atom stereocenters. The van der Waals surface area contributed by atoms with Gasteiger partial charge in [0.15, 0.2) is 0 Å². The van der Waals surface area contributed by atoms with Crippen molar-refractivity contribution in [2.24, 2.45) is 17.8 Å². The van der Waals surface area contributed by atoms with E-state index >= 15 is 0 Å². The second kappa shape index (κ2) is 10.5. The molecule has 2 unspecified atom stereocenters. The Hall–Kier alpha value is -1.80. The van der Waals surface area contributed by atoms with Crippen LogP contribution in [-0.2, 0) is 19.1 Å². The van der Waals surface area contributed by atoms with Crippen LogP contribution in [0.3, 0.4) is 0 Å². The zero-order chi connectivity index (χ0) is 27.1. The molecule has 3 rings (SSSR count). The second-order valence-corrected chi connectivity index (χ2v) is 14.0. The predicted octanol–water partition coefficient (Wildman–Crippen LogP) is 3.81. The van der Waals surface area contributed by atoms with Crippen molar-refractivity contribution < 1.29 is 24.2 Å². The lowest BCUT2D eigenvalue weighted by molar-refractivity contribution is -0.156. The van der Waals surface area contributed by atoms with Crippen LogP contribution in [0.4, 0.5) is 0 Å². The van der Waals surface area contributed by atoms with Gasteiger partial charge in [-0.3, -0.25) is 14.4 Å². The first-order valence-electron chi connectivity index (χ1n) is 13.1. The zero-order valence-electron chi connectivity index (χ0n) is 22.8. The Morgan fingerprint density at radius 1 is 1.28 bits per heavy atom. The maximum Gasteiger partial charge on any atom is 0.311 e. The minimum absolute atomic E-state index is 0.141. The number of aliphatic hydroxyl groups is 1. The van der Waals surface area contributed by atoms with Gasteiger partial charge in [0.25, 0.3) is 0 Å². The minimum Gasteiger partial charge on any atom is -0.465 e. The fourth-order valence-electron chi connectivity index (χ4n) is 6.52. The average Bonchev–Trinajstić information content (AvgIpc) is 3.35. The van der Waals surface area contributed by atoms with Crippen molar-refractivity contribution in [3.8, 4) is 0 Å². The molecular formula is C28H44N2O5S. The van der Waals surface area contributed by atoms with Crippen molar-refractivity contribution in [1.29, 1.82) is 0 Å². The van der Waals surface area contributed by atoms with Gasteiger partial charge in [0, 0.05) is 16.8 Å². The largest absolute Gasteiger partial charge is 0.465 e. The Labute approximate surface area is 220 Å². The molecule has 3 heterocycles. The predicted molar refractivity (Wildman–Crippen MR) is 143 cm³/mol. The van der Waals surface area contributed by atoms with E-state index < -0.39 is 39.0 Å². The van der Waals surface area contributed by atoms with Gasteiger partial charge in [0.1, 0.15) is 6.04 Å². The molecule has 202 valence electrons. The first kappa shape index (κ1) is 28.8. The molecule has 3 fully saturated rings. The fraction of sp³-hybridized carbons (Fsp3) is 0.750. The molecule has 0 aromatic rings. The molecule has 3 saturated heterocycles. The number of esters is 1. The van der Waals surface area contributed by atoms with E-state index in [-0.39, 0.29) is 36.9 Å². The van der Waals surface area contributed by atoms with E-state index in [1.165, 1.54) is 0 Å². The Morgan fingerprint density at radius 3 is 2.47 bits per heavy atom. The van der Waals surface area contributed by atoms with Crippen LogP contribution in [-0.4, -0.2) is 79.6 Å². The number of fused-ring (bicyclic) bond motifs is 1. The lowest BCUT2D eigenvalue weighted by atomic mass is 9.66. The highest BCUT2D eigenvalue weighted by Gasteiger charge is 2.78. The van der Waals surface area contributed by atoms with E-state index in [2.05, 4.69) is 13.2 Å². The molecule has 7 nitrogen and oxygen atoms in total. The van der Waals surface area contributed by atoms with Gasteiger partial charge >= 0.3 is 5.97 Å². The van der Waals surface area contributed by atoms with Crippen LogP contribution in [0, 0.1) is 17.8 Å². The normalized spacial score (nSPS) is 31.9. The summed E-state index contributed by atoms with van der Waals surface area (Å²) in [5.74, 6) is -1.78. The highest BCUT2D eigenvalue weighted by atomic mass is 32.2. The summed E-state index contributed by atoms with van der Waals surface area (Å²) in [6, 6.07) is -1.26. The van der Waals surface area contributed by atoms with Gasteiger partial charge < -0.3 is 19.6 Å². The Balaban J connectivity index is 2.13. The molecule has 3 aliphatic heterocycles. The average molecular weight is 521 g/mol. The summed E-state index contributed by atoms with van der Waals surface area (Å²) >= 11 is 1.63. The van der Waals surface area contributed by atoms with Crippen LogP contribution in [0.25, 0.3) is 0 Å². The number of aliphatic hydroxyl groups excluding tert-OH is 1. The first-order chi connectivity index (χ1) is 16.8. The van der Waals surface area contributed by atoms with Crippen molar-refractivity contribution in [2.45, 2.75) is 94.3 Å². The number of likely N-dealkylation sites (tertiary alicyclic amines) is 1. The maximum absolute atomic E-state index is 14.4. The summed E-state index contributed by atoms with van der Waals surface area (Å²) in [4.78, 5) is 45.5. The van der Waals surface area contributed by atoms with E-state index in [0.29, 0.717) is 25.8 Å². The topological polar surface area (TPSA) is 87.1 Å². The fourth-order valence-corrected chi connectivity index (χ4v) is 8.84. The summed E-state index contributed by atoms with van der Waals surface area (Å²) in [5.41, 5.74) is -0.490. The summed E-state index contributed by atoms with van der Waals surface area (Å²) in [6.45, 7) is 19.9. The quantitative estimate of drug-likeness (QED) is 0.253. The summed E-state index contributed by atoms with van der Waals surface area (Å²) < 4.78 is 4.39. The van der Waals surface area contributed by atoms with Crippen LogP contribution >= 0.6 is 11.8 Å². The highest BCUT2D eigenvalue weighted by molar-refractivity contribution is 8.02.